The summed E-state index contributed by atoms with van der Waals surface area (Å²) in [6, 6.07) is 7.42. The van der Waals surface area contributed by atoms with Crippen LogP contribution in [0.2, 0.25) is 5.02 Å². The monoisotopic (exact) mass is 477 g/mol. The summed E-state index contributed by atoms with van der Waals surface area (Å²) in [4.78, 5) is 21.8. The smallest absolute Gasteiger partial charge is 0.328 e. The van der Waals surface area contributed by atoms with Gasteiger partial charge in [-0.15, -0.1) is 0 Å². The van der Waals surface area contributed by atoms with Crippen molar-refractivity contribution in [2.24, 2.45) is 0 Å². The number of nitrogens with one attached hydrogen (secondary N) is 1. The van der Waals surface area contributed by atoms with Crippen LogP contribution in [0.1, 0.15) is 23.6 Å². The van der Waals surface area contributed by atoms with E-state index in [0.717, 1.165) is 17.2 Å². The van der Waals surface area contributed by atoms with Crippen molar-refractivity contribution < 1.29 is 17.9 Å². The molecule has 1 aromatic carbocycles. The molecule has 11 heteroatoms. The van der Waals surface area contributed by atoms with E-state index in [1.807, 2.05) is 19.9 Å². The number of aromatic nitrogens is 4. The number of halogens is 1. The SMILES string of the molecule is COC(=O)[C@@H]1C[C@@H](S(=O)(=O)c2ccccc2Cl)CN1c1cc(C)nn1Cc1cnc(C)[nH]1. The summed E-state index contributed by atoms with van der Waals surface area (Å²) < 4.78 is 33.5. The molecule has 1 N–H and O–H groups in total. The summed E-state index contributed by atoms with van der Waals surface area (Å²) in [5.41, 5.74) is 1.60. The Morgan fingerprint density at radius 1 is 1.31 bits per heavy atom. The number of aryl methyl sites for hydroxylation is 2. The van der Waals surface area contributed by atoms with E-state index in [9.17, 15) is 13.2 Å². The van der Waals surface area contributed by atoms with Crippen molar-refractivity contribution in [3.63, 3.8) is 0 Å². The first-order chi connectivity index (χ1) is 15.2. The number of methoxy groups -OCH3 is 1. The third-order valence-electron chi connectivity index (χ3n) is 5.57. The van der Waals surface area contributed by atoms with E-state index in [-0.39, 0.29) is 22.9 Å². The molecule has 3 heterocycles. The van der Waals surface area contributed by atoms with E-state index >= 15 is 0 Å². The Bertz CT molecular complexity index is 1250. The zero-order chi connectivity index (χ0) is 23.0. The maximum absolute atomic E-state index is 13.4. The van der Waals surface area contributed by atoms with E-state index in [1.54, 1.807) is 34.0 Å². The molecule has 2 aromatic heterocycles. The van der Waals surface area contributed by atoms with Crippen molar-refractivity contribution in [2.75, 3.05) is 18.6 Å². The lowest BCUT2D eigenvalue weighted by Gasteiger charge is -2.25. The minimum absolute atomic E-state index is 0.0646. The average Bonchev–Trinajstić information content (AvgIpc) is 3.46. The van der Waals surface area contributed by atoms with Crippen LogP contribution in [0.5, 0.6) is 0 Å². The van der Waals surface area contributed by atoms with Crippen LogP contribution in [0.25, 0.3) is 0 Å². The second kappa shape index (κ2) is 8.59. The van der Waals surface area contributed by atoms with Crippen molar-refractivity contribution in [2.45, 2.75) is 43.0 Å². The van der Waals surface area contributed by atoms with Gasteiger partial charge in [-0.3, -0.25) is 0 Å². The van der Waals surface area contributed by atoms with E-state index in [2.05, 4.69) is 15.1 Å². The number of benzene rings is 1. The van der Waals surface area contributed by atoms with Crippen molar-refractivity contribution in [1.82, 2.24) is 19.7 Å². The molecule has 0 amide bonds. The van der Waals surface area contributed by atoms with Crippen LogP contribution in [0, 0.1) is 13.8 Å². The van der Waals surface area contributed by atoms with Gasteiger partial charge >= 0.3 is 5.97 Å². The largest absolute Gasteiger partial charge is 0.467 e. The molecule has 1 aliphatic heterocycles. The molecule has 32 heavy (non-hydrogen) atoms. The third-order valence-corrected chi connectivity index (χ3v) is 8.20. The van der Waals surface area contributed by atoms with E-state index in [1.165, 1.54) is 13.2 Å². The number of carbonyl (C=O) groups excluding carboxylic acids is 1. The normalized spacial score (nSPS) is 18.8. The number of rotatable bonds is 6. The van der Waals surface area contributed by atoms with Crippen LogP contribution in [0.3, 0.4) is 0 Å². The van der Waals surface area contributed by atoms with E-state index in [0.29, 0.717) is 12.4 Å². The number of esters is 1. The Hall–Kier alpha value is -2.85. The molecule has 2 atom stereocenters. The highest BCUT2D eigenvalue weighted by atomic mass is 35.5. The topological polar surface area (TPSA) is 110 Å². The van der Waals surface area contributed by atoms with Crippen molar-refractivity contribution >= 4 is 33.2 Å². The van der Waals surface area contributed by atoms with Crippen molar-refractivity contribution in [3.8, 4) is 0 Å². The van der Waals surface area contributed by atoms with Crippen LogP contribution in [-0.2, 0) is 25.9 Å². The lowest BCUT2D eigenvalue weighted by atomic mass is 10.2. The van der Waals surface area contributed by atoms with Gasteiger partial charge in [0, 0.05) is 12.6 Å². The molecule has 3 aromatic rings. The minimum atomic E-state index is -3.77. The van der Waals surface area contributed by atoms with Gasteiger partial charge in [0.15, 0.2) is 9.84 Å². The van der Waals surface area contributed by atoms with E-state index < -0.39 is 27.1 Å². The number of H-pyrrole nitrogens is 1. The van der Waals surface area contributed by atoms with Gasteiger partial charge in [-0.05, 0) is 32.4 Å². The molecular weight excluding hydrogens is 454 g/mol. The Kier molecular flexibility index (Phi) is 6.00. The second-order valence-electron chi connectivity index (χ2n) is 7.82. The highest BCUT2D eigenvalue weighted by Gasteiger charge is 2.45. The van der Waals surface area contributed by atoms with Gasteiger partial charge in [0.05, 0.1) is 46.4 Å². The highest BCUT2D eigenvalue weighted by molar-refractivity contribution is 7.92. The summed E-state index contributed by atoms with van der Waals surface area (Å²) in [6.45, 7) is 4.22. The minimum Gasteiger partial charge on any atom is -0.467 e. The number of anilines is 1. The van der Waals surface area contributed by atoms with Gasteiger partial charge in [0.2, 0.25) is 0 Å². The first kappa shape index (κ1) is 22.3. The summed E-state index contributed by atoms with van der Waals surface area (Å²) in [5.74, 6) is 0.927. The highest BCUT2D eigenvalue weighted by Crippen LogP contribution is 2.35. The van der Waals surface area contributed by atoms with Crippen LogP contribution in [0.15, 0.2) is 41.4 Å². The Morgan fingerprint density at radius 3 is 2.72 bits per heavy atom. The van der Waals surface area contributed by atoms with Crippen LogP contribution in [0.4, 0.5) is 5.82 Å². The summed E-state index contributed by atoms with van der Waals surface area (Å²) in [5, 5.41) is 3.88. The lowest BCUT2D eigenvalue weighted by Crippen LogP contribution is -2.38. The summed E-state index contributed by atoms with van der Waals surface area (Å²) in [7, 11) is -2.48. The Labute approximate surface area is 191 Å². The molecule has 0 spiro atoms. The number of ether oxygens (including phenoxy) is 1. The number of hydrogen-bond acceptors (Lipinski definition) is 7. The number of nitrogens with zero attached hydrogens (tertiary/aromatic N) is 4. The van der Waals surface area contributed by atoms with Gasteiger partial charge in [-0.25, -0.2) is 22.9 Å². The molecule has 1 aliphatic rings. The molecule has 0 aliphatic carbocycles. The van der Waals surface area contributed by atoms with Crippen LogP contribution >= 0.6 is 11.6 Å². The predicted molar refractivity (Wildman–Crippen MR) is 120 cm³/mol. The quantitative estimate of drug-likeness (QED) is 0.543. The fourth-order valence-corrected chi connectivity index (χ4v) is 6.30. The molecular formula is C21H24ClN5O4S. The predicted octanol–water partition coefficient (Wildman–Crippen LogP) is 2.52. The molecule has 170 valence electrons. The van der Waals surface area contributed by atoms with Gasteiger partial charge in [-0.1, -0.05) is 23.7 Å². The summed E-state index contributed by atoms with van der Waals surface area (Å²) >= 11 is 6.18. The summed E-state index contributed by atoms with van der Waals surface area (Å²) in [6.07, 6.45) is 1.82. The second-order valence-corrected chi connectivity index (χ2v) is 10.4. The molecule has 4 rings (SSSR count). The molecule has 1 saturated heterocycles. The zero-order valence-electron chi connectivity index (χ0n) is 17.9. The number of imidazole rings is 1. The maximum Gasteiger partial charge on any atom is 0.328 e. The Balaban J connectivity index is 1.71. The number of aromatic amines is 1. The van der Waals surface area contributed by atoms with Crippen LogP contribution in [-0.4, -0.2) is 59.1 Å². The first-order valence-electron chi connectivity index (χ1n) is 10.1. The number of carbonyl (C=O) groups is 1. The molecule has 9 nitrogen and oxygen atoms in total. The van der Waals surface area contributed by atoms with Crippen molar-refractivity contribution in [1.29, 1.82) is 0 Å². The van der Waals surface area contributed by atoms with Gasteiger partial charge < -0.3 is 14.6 Å². The molecule has 0 radical (unpaired) electrons. The molecule has 0 unspecified atom stereocenters. The fourth-order valence-electron chi connectivity index (χ4n) is 4.08. The van der Waals surface area contributed by atoms with Crippen molar-refractivity contribution in [3.05, 3.63) is 58.8 Å². The standard InChI is InChI=1S/C21H24ClN5O4S/c1-13-8-20(27(25-13)11-15-10-23-14(2)24-15)26-12-16(9-18(26)21(28)31-3)32(29,30)19-7-5-4-6-17(19)22/h4-8,10,16,18H,9,11-12H2,1-3H3,(H,23,24)/t16-,18+/m1/s1. The fraction of sp³-hybridized carbons (Fsp3) is 0.381. The maximum atomic E-state index is 13.4. The number of sulfone groups is 1. The molecule has 0 bridgehead atoms. The van der Waals surface area contributed by atoms with Gasteiger partial charge in [0.1, 0.15) is 17.7 Å². The molecule has 0 saturated carbocycles. The molecule has 1 fully saturated rings. The van der Waals surface area contributed by atoms with Gasteiger partial charge in [-0.2, -0.15) is 5.10 Å². The average molecular weight is 478 g/mol. The first-order valence-corrected chi connectivity index (χ1v) is 12.0. The van der Waals surface area contributed by atoms with Gasteiger partial charge in [0.25, 0.3) is 0 Å². The Morgan fingerprint density at radius 2 is 2.06 bits per heavy atom. The zero-order valence-corrected chi connectivity index (χ0v) is 19.5. The number of hydrogen-bond donors (Lipinski definition) is 1. The van der Waals surface area contributed by atoms with E-state index in [4.69, 9.17) is 16.3 Å². The third kappa shape index (κ3) is 4.12. The van der Waals surface area contributed by atoms with Crippen LogP contribution < -0.4 is 4.90 Å². The lowest BCUT2D eigenvalue weighted by molar-refractivity contribution is -0.141.